The molecule has 0 fully saturated rings. The minimum absolute atomic E-state index is 0.112. The Morgan fingerprint density at radius 1 is 1.00 bits per heavy atom. The highest BCUT2D eigenvalue weighted by Crippen LogP contribution is 2.41. The maximum Gasteiger partial charge on any atom is 0.344 e. The average molecular weight is 495 g/mol. The zero-order valence-corrected chi connectivity index (χ0v) is 19.2. The van der Waals surface area contributed by atoms with Crippen molar-refractivity contribution in [1.29, 1.82) is 0 Å². The Balaban J connectivity index is 1.67. The largest absolute Gasteiger partial charge is 0.482 e. The van der Waals surface area contributed by atoms with Gasteiger partial charge in [0.25, 0.3) is 0 Å². The number of thiazole rings is 1. The molecule has 0 saturated carbocycles. The first-order valence-electron chi connectivity index (χ1n) is 9.70. The van der Waals surface area contributed by atoms with Crippen LogP contribution in [0.3, 0.4) is 0 Å². The Hall–Kier alpha value is -3.03. The zero-order valence-electron chi connectivity index (χ0n) is 16.7. The maximum atomic E-state index is 11.5. The number of ether oxygens (including phenoxy) is 2. The molecule has 0 atom stereocenters. The van der Waals surface area contributed by atoms with Crippen molar-refractivity contribution in [2.75, 3.05) is 13.2 Å². The smallest absolute Gasteiger partial charge is 0.344 e. The van der Waals surface area contributed by atoms with E-state index in [4.69, 9.17) is 14.5 Å². The summed E-state index contributed by atoms with van der Waals surface area (Å²) in [6.07, 6.45) is 3.57. The Kier molecular flexibility index (Phi) is 6.74. The third-order valence-electron chi connectivity index (χ3n) is 4.43. The molecule has 0 radical (unpaired) electrons. The fraction of sp³-hybridized carbons (Fsp3) is 0.125. The molecule has 4 aromatic rings. The molecule has 2 aromatic heterocycles. The van der Waals surface area contributed by atoms with Gasteiger partial charge < -0.3 is 9.47 Å². The molecule has 0 bridgehead atoms. The lowest BCUT2D eigenvalue weighted by Crippen LogP contribution is -2.14. The minimum Gasteiger partial charge on any atom is -0.482 e. The SMILES string of the molecule is CCOC(=O)COc1ccc(-c2nc(-c3cccnc3)sc2-c2ccc(Br)cc2)cc1. The highest BCUT2D eigenvalue weighted by Gasteiger charge is 2.16. The lowest BCUT2D eigenvalue weighted by molar-refractivity contribution is -0.145. The monoisotopic (exact) mass is 494 g/mol. The fourth-order valence-electron chi connectivity index (χ4n) is 2.98. The van der Waals surface area contributed by atoms with Crippen LogP contribution >= 0.6 is 27.3 Å². The van der Waals surface area contributed by atoms with Crippen molar-refractivity contribution in [3.8, 4) is 38.0 Å². The first-order valence-corrected chi connectivity index (χ1v) is 11.3. The summed E-state index contributed by atoms with van der Waals surface area (Å²) in [5, 5.41) is 0.906. The lowest BCUT2D eigenvalue weighted by atomic mass is 10.1. The van der Waals surface area contributed by atoms with E-state index in [1.807, 2.05) is 54.7 Å². The van der Waals surface area contributed by atoms with E-state index < -0.39 is 0 Å². The van der Waals surface area contributed by atoms with Crippen molar-refractivity contribution < 1.29 is 14.3 Å². The number of halogens is 1. The fourth-order valence-corrected chi connectivity index (χ4v) is 4.33. The number of esters is 1. The maximum absolute atomic E-state index is 11.5. The summed E-state index contributed by atoms with van der Waals surface area (Å²) in [6, 6.07) is 19.7. The van der Waals surface area contributed by atoms with Crippen molar-refractivity contribution in [2.24, 2.45) is 0 Å². The lowest BCUT2D eigenvalue weighted by Gasteiger charge is -2.07. The zero-order chi connectivity index (χ0) is 21.6. The van der Waals surface area contributed by atoms with Crippen molar-refractivity contribution in [2.45, 2.75) is 6.92 Å². The van der Waals surface area contributed by atoms with Crippen molar-refractivity contribution in [3.05, 3.63) is 77.5 Å². The van der Waals surface area contributed by atoms with Gasteiger partial charge in [0, 0.05) is 28.0 Å². The molecule has 0 N–H and O–H groups in total. The van der Waals surface area contributed by atoms with E-state index in [1.165, 1.54) is 0 Å². The van der Waals surface area contributed by atoms with Crippen LogP contribution in [0, 0.1) is 0 Å². The third-order valence-corrected chi connectivity index (χ3v) is 6.11. The van der Waals surface area contributed by atoms with Crippen LogP contribution in [0.25, 0.3) is 32.3 Å². The van der Waals surface area contributed by atoms with Gasteiger partial charge in [-0.05, 0) is 61.0 Å². The number of nitrogens with zero attached hydrogens (tertiary/aromatic N) is 2. The molecular formula is C24H19BrN2O3S. The van der Waals surface area contributed by atoms with Gasteiger partial charge >= 0.3 is 5.97 Å². The molecule has 0 saturated heterocycles. The summed E-state index contributed by atoms with van der Waals surface area (Å²) in [6.45, 7) is 1.99. The summed E-state index contributed by atoms with van der Waals surface area (Å²) in [7, 11) is 0. The average Bonchev–Trinajstić information content (AvgIpc) is 3.25. The van der Waals surface area contributed by atoms with Crippen LogP contribution in [0.5, 0.6) is 5.75 Å². The number of hydrogen-bond acceptors (Lipinski definition) is 6. The second kappa shape index (κ2) is 9.85. The van der Waals surface area contributed by atoms with Gasteiger partial charge in [-0.2, -0.15) is 0 Å². The molecule has 0 aliphatic rings. The first kappa shape index (κ1) is 21.2. The van der Waals surface area contributed by atoms with Crippen LogP contribution in [-0.2, 0) is 9.53 Å². The highest BCUT2D eigenvalue weighted by atomic mass is 79.9. The molecule has 0 unspecified atom stereocenters. The topological polar surface area (TPSA) is 61.3 Å². The van der Waals surface area contributed by atoms with Gasteiger partial charge in [0.15, 0.2) is 6.61 Å². The number of rotatable bonds is 7. The summed E-state index contributed by atoms with van der Waals surface area (Å²) in [4.78, 5) is 21.7. The molecule has 0 amide bonds. The van der Waals surface area contributed by atoms with Gasteiger partial charge in [-0.15, -0.1) is 11.3 Å². The van der Waals surface area contributed by atoms with Gasteiger partial charge in [-0.1, -0.05) is 28.1 Å². The van der Waals surface area contributed by atoms with E-state index in [1.54, 1.807) is 24.5 Å². The standard InChI is InChI=1S/C24H19BrN2O3S/c1-2-29-21(28)15-30-20-11-7-16(8-12-20)22-23(17-5-9-19(25)10-6-17)31-24(27-22)18-4-3-13-26-14-18/h3-14H,2,15H2,1H3. The van der Waals surface area contributed by atoms with Crippen molar-refractivity contribution in [3.63, 3.8) is 0 Å². The molecular weight excluding hydrogens is 476 g/mol. The van der Waals surface area contributed by atoms with E-state index >= 15 is 0 Å². The number of pyridine rings is 1. The van der Waals surface area contributed by atoms with E-state index in [0.29, 0.717) is 12.4 Å². The van der Waals surface area contributed by atoms with Crippen LogP contribution in [0.2, 0.25) is 0 Å². The summed E-state index contributed by atoms with van der Waals surface area (Å²) in [5.41, 5.74) is 3.93. The molecule has 0 aliphatic heterocycles. The predicted octanol–water partition coefficient (Wildman–Crippen LogP) is 6.24. The Morgan fingerprint density at radius 3 is 2.42 bits per heavy atom. The van der Waals surface area contributed by atoms with Crippen LogP contribution in [0.15, 0.2) is 77.5 Å². The van der Waals surface area contributed by atoms with E-state index in [2.05, 4.69) is 33.0 Å². The minimum atomic E-state index is -0.385. The summed E-state index contributed by atoms with van der Waals surface area (Å²) >= 11 is 5.13. The number of benzene rings is 2. The number of carbonyl (C=O) groups excluding carboxylic acids is 1. The number of hydrogen-bond donors (Lipinski definition) is 0. The quantitative estimate of drug-likeness (QED) is 0.284. The van der Waals surface area contributed by atoms with E-state index in [9.17, 15) is 4.79 Å². The van der Waals surface area contributed by atoms with E-state index in [-0.39, 0.29) is 12.6 Å². The Bertz CT molecular complexity index is 1160. The van der Waals surface area contributed by atoms with Crippen LogP contribution in [0.4, 0.5) is 0 Å². The van der Waals surface area contributed by atoms with Crippen molar-refractivity contribution >= 4 is 33.2 Å². The van der Waals surface area contributed by atoms with Crippen LogP contribution in [-0.4, -0.2) is 29.2 Å². The third kappa shape index (κ3) is 5.18. The number of aromatic nitrogens is 2. The Morgan fingerprint density at radius 2 is 1.74 bits per heavy atom. The molecule has 156 valence electrons. The number of carbonyl (C=O) groups is 1. The normalized spacial score (nSPS) is 10.6. The molecule has 2 heterocycles. The van der Waals surface area contributed by atoms with E-state index in [0.717, 1.165) is 36.7 Å². The second-order valence-electron chi connectivity index (χ2n) is 6.56. The predicted molar refractivity (Wildman–Crippen MR) is 126 cm³/mol. The van der Waals surface area contributed by atoms with Crippen LogP contribution in [0.1, 0.15) is 6.92 Å². The molecule has 2 aromatic carbocycles. The Labute approximate surface area is 192 Å². The summed E-state index contributed by atoms with van der Waals surface area (Å²) in [5.74, 6) is 0.217. The first-order chi connectivity index (χ1) is 15.1. The van der Waals surface area contributed by atoms with Gasteiger partial charge in [0.05, 0.1) is 17.2 Å². The summed E-state index contributed by atoms with van der Waals surface area (Å²) < 4.78 is 11.4. The van der Waals surface area contributed by atoms with Gasteiger partial charge in [0.1, 0.15) is 10.8 Å². The van der Waals surface area contributed by atoms with Gasteiger partial charge in [-0.3, -0.25) is 4.98 Å². The molecule has 31 heavy (non-hydrogen) atoms. The van der Waals surface area contributed by atoms with Gasteiger partial charge in [-0.25, -0.2) is 9.78 Å². The molecule has 5 nitrogen and oxygen atoms in total. The van der Waals surface area contributed by atoms with Crippen molar-refractivity contribution in [1.82, 2.24) is 9.97 Å². The second-order valence-corrected chi connectivity index (χ2v) is 8.48. The van der Waals surface area contributed by atoms with Gasteiger partial charge in [0.2, 0.25) is 0 Å². The molecule has 7 heteroatoms. The molecule has 0 spiro atoms. The molecule has 4 rings (SSSR count). The molecule has 0 aliphatic carbocycles. The highest BCUT2D eigenvalue weighted by molar-refractivity contribution is 9.10. The van der Waals surface area contributed by atoms with Crippen LogP contribution < -0.4 is 4.74 Å².